The summed E-state index contributed by atoms with van der Waals surface area (Å²) in [5.74, 6) is 2.85. The molecule has 1 aliphatic heterocycles. The van der Waals surface area contributed by atoms with Crippen LogP contribution in [0.2, 0.25) is 5.02 Å². The second-order valence-corrected chi connectivity index (χ2v) is 12.5. The maximum Gasteiger partial charge on any atom is 0.105 e. The van der Waals surface area contributed by atoms with Crippen molar-refractivity contribution in [2.45, 2.75) is 91.3 Å². The highest BCUT2D eigenvalue weighted by Crippen LogP contribution is 2.73. The summed E-state index contributed by atoms with van der Waals surface area (Å²) in [6, 6.07) is 6.72. The maximum absolute atomic E-state index is 7.68. The van der Waals surface area contributed by atoms with Gasteiger partial charge in [0.15, 0.2) is 0 Å². The fourth-order valence-corrected chi connectivity index (χ4v) is 8.62. The molecule has 0 amide bonds. The molecule has 1 aromatic carbocycles. The Morgan fingerprint density at radius 2 is 1.57 bits per heavy atom. The van der Waals surface area contributed by atoms with Crippen LogP contribution >= 0.6 is 11.6 Å². The van der Waals surface area contributed by atoms with Crippen LogP contribution < -0.4 is 0 Å². The van der Waals surface area contributed by atoms with E-state index in [9.17, 15) is 0 Å². The van der Waals surface area contributed by atoms with Crippen molar-refractivity contribution in [1.29, 1.82) is 0 Å². The zero-order chi connectivity index (χ0) is 20.1. The van der Waals surface area contributed by atoms with E-state index in [1.807, 2.05) is 0 Å². The molecule has 28 heavy (non-hydrogen) atoms. The maximum atomic E-state index is 7.68. The molecular weight excluding hydrogens is 364 g/mol. The van der Waals surface area contributed by atoms with Crippen molar-refractivity contribution in [1.82, 2.24) is 0 Å². The Labute approximate surface area is 176 Å². The third-order valence-corrected chi connectivity index (χ3v) is 9.69. The average molecular weight is 401 g/mol. The predicted molar refractivity (Wildman–Crippen MR) is 116 cm³/mol. The molecule has 3 fully saturated rings. The summed E-state index contributed by atoms with van der Waals surface area (Å²) in [6.07, 6.45) is 7.76. The molecule has 3 aliphatic carbocycles. The van der Waals surface area contributed by atoms with Gasteiger partial charge in [-0.15, -0.1) is 0 Å². The molecule has 1 heterocycles. The van der Waals surface area contributed by atoms with E-state index in [0.29, 0.717) is 11.8 Å². The fourth-order valence-electron chi connectivity index (χ4n) is 8.44. The van der Waals surface area contributed by atoms with Gasteiger partial charge in [0, 0.05) is 5.02 Å². The van der Waals surface area contributed by atoms with Crippen LogP contribution in [-0.2, 0) is 15.9 Å². The zero-order valence-electron chi connectivity index (χ0n) is 18.6. The lowest BCUT2D eigenvalue weighted by Gasteiger charge is -2.56. The van der Waals surface area contributed by atoms with Crippen molar-refractivity contribution < 1.29 is 4.74 Å². The quantitative estimate of drug-likeness (QED) is 0.433. The summed E-state index contributed by atoms with van der Waals surface area (Å²) < 4.78 is 7.68. The van der Waals surface area contributed by atoms with Crippen molar-refractivity contribution in [3.8, 4) is 0 Å². The Morgan fingerprint density at radius 1 is 0.893 bits per heavy atom. The van der Waals surface area contributed by atoms with Gasteiger partial charge in [-0.05, 0) is 96.3 Å². The van der Waals surface area contributed by atoms with Gasteiger partial charge in [0.1, 0.15) is 11.2 Å². The van der Waals surface area contributed by atoms with Gasteiger partial charge in [-0.2, -0.15) is 0 Å². The molecule has 1 aromatic rings. The molecule has 1 nitrogen and oxygen atoms in total. The molecule has 5 unspecified atom stereocenters. The minimum absolute atomic E-state index is 0.124. The van der Waals surface area contributed by atoms with Crippen LogP contribution in [0.15, 0.2) is 18.2 Å². The minimum atomic E-state index is -0.221. The number of benzene rings is 1. The Hall–Kier alpha value is -0.530. The number of rotatable bonds is 0. The molecule has 0 radical (unpaired) electrons. The molecule has 5 atom stereocenters. The van der Waals surface area contributed by atoms with Crippen LogP contribution in [0.3, 0.4) is 0 Å². The van der Waals surface area contributed by atoms with Gasteiger partial charge in [0.2, 0.25) is 0 Å². The first kappa shape index (κ1) is 19.4. The van der Waals surface area contributed by atoms with E-state index in [4.69, 9.17) is 16.3 Å². The summed E-state index contributed by atoms with van der Waals surface area (Å²) in [5.41, 5.74) is 2.76. The molecule has 0 N–H and O–H groups in total. The number of hydrogen-bond donors (Lipinski definition) is 0. The highest BCUT2D eigenvalue weighted by molar-refractivity contribution is 6.30. The molecule has 2 bridgehead atoms. The number of fused-ring (bicyclic) bond motifs is 6. The van der Waals surface area contributed by atoms with E-state index < -0.39 is 0 Å². The highest BCUT2D eigenvalue weighted by atomic mass is 35.5. The molecule has 154 valence electrons. The largest absolute Gasteiger partial charge is 0.357 e. The van der Waals surface area contributed by atoms with Gasteiger partial charge >= 0.3 is 0 Å². The number of ether oxygens (including phenoxy) is 1. The van der Waals surface area contributed by atoms with E-state index in [2.05, 4.69) is 59.7 Å². The second-order valence-electron chi connectivity index (χ2n) is 12.0. The van der Waals surface area contributed by atoms with E-state index in [-0.39, 0.29) is 22.0 Å². The molecule has 3 saturated carbocycles. The molecule has 4 aliphatic rings. The first-order valence-electron chi connectivity index (χ1n) is 11.5. The normalized spacial score (nSPS) is 42.1. The summed E-state index contributed by atoms with van der Waals surface area (Å²) in [6.45, 7) is 14.7. The van der Waals surface area contributed by atoms with E-state index in [0.717, 1.165) is 16.9 Å². The molecule has 2 heteroatoms. The fraction of sp³-hybridized carbons (Fsp3) is 0.769. The molecular formula is C26H37ClO. The van der Waals surface area contributed by atoms with Crippen LogP contribution in [0, 0.1) is 34.5 Å². The Morgan fingerprint density at radius 3 is 2.25 bits per heavy atom. The SMILES string of the molecule is CC1CC2CC(C)C3(OC4(c5ccc(Cl)cc53)C(C)(C)CCC4(C)C)C(C1)C2. The lowest BCUT2D eigenvalue weighted by Crippen LogP contribution is -2.54. The predicted octanol–water partition coefficient (Wildman–Crippen LogP) is 7.70. The van der Waals surface area contributed by atoms with Crippen molar-refractivity contribution in [3.63, 3.8) is 0 Å². The summed E-state index contributed by atoms with van der Waals surface area (Å²) in [4.78, 5) is 0. The molecule has 0 saturated heterocycles. The smallest absolute Gasteiger partial charge is 0.105 e. The highest BCUT2D eigenvalue weighted by Gasteiger charge is 2.71. The molecule has 0 aromatic heterocycles. The Bertz CT molecular complexity index is 789. The van der Waals surface area contributed by atoms with Gasteiger partial charge in [-0.25, -0.2) is 0 Å². The van der Waals surface area contributed by atoms with Crippen LogP contribution in [0.5, 0.6) is 0 Å². The monoisotopic (exact) mass is 400 g/mol. The third kappa shape index (κ3) is 2.19. The molecule has 2 spiro atoms. The van der Waals surface area contributed by atoms with Gasteiger partial charge in [0.25, 0.3) is 0 Å². The number of halogens is 1. The first-order chi connectivity index (χ1) is 13.0. The third-order valence-electron chi connectivity index (χ3n) is 9.45. The van der Waals surface area contributed by atoms with Gasteiger partial charge in [-0.3, -0.25) is 0 Å². The van der Waals surface area contributed by atoms with Gasteiger partial charge < -0.3 is 4.74 Å². The summed E-state index contributed by atoms with van der Waals surface area (Å²) >= 11 is 6.62. The van der Waals surface area contributed by atoms with E-state index in [1.165, 1.54) is 49.7 Å². The first-order valence-corrected chi connectivity index (χ1v) is 11.9. The van der Waals surface area contributed by atoms with Crippen LogP contribution in [0.4, 0.5) is 0 Å². The average Bonchev–Trinajstić information content (AvgIpc) is 3.00. The van der Waals surface area contributed by atoms with Crippen LogP contribution in [0.1, 0.15) is 91.2 Å². The van der Waals surface area contributed by atoms with Crippen LogP contribution in [-0.4, -0.2) is 0 Å². The lowest BCUT2D eigenvalue weighted by atomic mass is 9.56. The van der Waals surface area contributed by atoms with Crippen molar-refractivity contribution >= 4 is 11.6 Å². The standard InChI is InChI=1S/C26H37ClO/c1-16-11-18-13-17(2)25(19(12-16)14-18)22-15-20(27)7-8-21(22)26(28-25)23(3,4)9-10-24(26,5)6/h7-8,15-19H,9-14H2,1-6H3. The Balaban J connectivity index is 1.77. The van der Waals surface area contributed by atoms with Crippen molar-refractivity contribution in [2.24, 2.45) is 34.5 Å². The zero-order valence-corrected chi connectivity index (χ0v) is 19.3. The Kier molecular flexibility index (Phi) is 4.02. The van der Waals surface area contributed by atoms with E-state index in [1.54, 1.807) is 0 Å². The lowest BCUT2D eigenvalue weighted by molar-refractivity contribution is -0.274. The van der Waals surface area contributed by atoms with Gasteiger partial charge in [0.05, 0.1) is 0 Å². The van der Waals surface area contributed by atoms with Crippen molar-refractivity contribution in [3.05, 3.63) is 34.3 Å². The minimum Gasteiger partial charge on any atom is -0.357 e. The van der Waals surface area contributed by atoms with E-state index >= 15 is 0 Å². The summed E-state index contributed by atoms with van der Waals surface area (Å²) in [7, 11) is 0. The van der Waals surface area contributed by atoms with Crippen molar-refractivity contribution in [2.75, 3.05) is 0 Å². The van der Waals surface area contributed by atoms with Gasteiger partial charge in [-0.1, -0.05) is 59.2 Å². The topological polar surface area (TPSA) is 9.23 Å². The summed E-state index contributed by atoms with van der Waals surface area (Å²) in [5, 5.41) is 0.866. The van der Waals surface area contributed by atoms with Crippen LogP contribution in [0.25, 0.3) is 0 Å². The second kappa shape index (κ2) is 5.79. The number of hydrogen-bond acceptors (Lipinski definition) is 1. The molecule has 5 rings (SSSR count).